The van der Waals surface area contributed by atoms with Crippen molar-refractivity contribution < 1.29 is 9.18 Å². The lowest BCUT2D eigenvalue weighted by atomic mass is 10.0. The molecule has 1 aromatic heterocycles. The Bertz CT molecular complexity index is 422. The lowest BCUT2D eigenvalue weighted by molar-refractivity contribution is 0.0690. The van der Waals surface area contributed by atoms with Gasteiger partial charge in [-0.3, -0.25) is 9.78 Å². The number of hydrogen-bond donors (Lipinski definition) is 1. The van der Waals surface area contributed by atoms with Crippen LogP contribution in [-0.4, -0.2) is 41.5 Å². The molecule has 18 heavy (non-hydrogen) atoms. The predicted molar refractivity (Wildman–Crippen MR) is 66.8 cm³/mol. The Kier molecular flexibility index (Phi) is 4.25. The van der Waals surface area contributed by atoms with Crippen LogP contribution in [0.25, 0.3) is 0 Å². The van der Waals surface area contributed by atoms with Crippen molar-refractivity contribution in [3.8, 4) is 0 Å². The Labute approximate surface area is 106 Å². The van der Waals surface area contributed by atoms with Crippen LogP contribution in [0.5, 0.6) is 0 Å². The number of hydrogen-bond acceptors (Lipinski definition) is 3. The molecule has 1 amide bonds. The number of nitrogens with zero attached hydrogens (tertiary/aromatic N) is 2. The van der Waals surface area contributed by atoms with Crippen LogP contribution in [0, 0.1) is 5.82 Å². The summed E-state index contributed by atoms with van der Waals surface area (Å²) in [6.07, 6.45) is 4.55. The highest BCUT2D eigenvalue weighted by atomic mass is 19.1. The van der Waals surface area contributed by atoms with Crippen LogP contribution in [0.4, 0.5) is 4.39 Å². The minimum atomic E-state index is -0.548. The number of piperidine rings is 1. The monoisotopic (exact) mass is 251 g/mol. The molecule has 0 aromatic carbocycles. The molecular formula is C13H18FN3O. The molecule has 2 rings (SSSR count). The van der Waals surface area contributed by atoms with Crippen molar-refractivity contribution in [1.29, 1.82) is 0 Å². The van der Waals surface area contributed by atoms with Gasteiger partial charge in [0, 0.05) is 25.3 Å². The van der Waals surface area contributed by atoms with E-state index in [9.17, 15) is 9.18 Å². The number of rotatable bonds is 3. The van der Waals surface area contributed by atoms with Gasteiger partial charge in [-0.1, -0.05) is 6.92 Å². The third-order valence-electron chi connectivity index (χ3n) is 3.20. The highest BCUT2D eigenvalue weighted by Crippen LogP contribution is 2.15. The van der Waals surface area contributed by atoms with Gasteiger partial charge in [-0.05, 0) is 25.5 Å². The van der Waals surface area contributed by atoms with Crippen molar-refractivity contribution in [2.45, 2.75) is 25.8 Å². The van der Waals surface area contributed by atoms with Crippen LogP contribution in [0.1, 0.15) is 30.1 Å². The number of likely N-dealkylation sites (tertiary alicyclic amines) is 1. The Balaban J connectivity index is 2.07. The summed E-state index contributed by atoms with van der Waals surface area (Å²) in [6, 6.07) is 1.76. The van der Waals surface area contributed by atoms with Crippen molar-refractivity contribution in [2.75, 3.05) is 19.6 Å². The van der Waals surface area contributed by atoms with Crippen LogP contribution in [-0.2, 0) is 0 Å². The van der Waals surface area contributed by atoms with Gasteiger partial charge in [-0.15, -0.1) is 0 Å². The molecule has 1 aliphatic rings. The quantitative estimate of drug-likeness (QED) is 0.884. The van der Waals surface area contributed by atoms with Crippen molar-refractivity contribution in [3.63, 3.8) is 0 Å². The van der Waals surface area contributed by atoms with Crippen molar-refractivity contribution in [3.05, 3.63) is 29.8 Å². The fraction of sp³-hybridized carbons (Fsp3) is 0.538. The van der Waals surface area contributed by atoms with E-state index in [2.05, 4.69) is 10.3 Å². The van der Waals surface area contributed by atoms with Crippen LogP contribution in [0.3, 0.4) is 0 Å². The number of pyridine rings is 1. The Morgan fingerprint density at radius 3 is 3.22 bits per heavy atom. The second kappa shape index (κ2) is 5.91. The van der Waals surface area contributed by atoms with Crippen molar-refractivity contribution in [1.82, 2.24) is 15.2 Å². The summed E-state index contributed by atoms with van der Waals surface area (Å²) in [5.74, 6) is -0.787. The Morgan fingerprint density at radius 2 is 2.50 bits per heavy atom. The average Bonchev–Trinajstić information content (AvgIpc) is 2.39. The van der Waals surface area contributed by atoms with Crippen molar-refractivity contribution in [2.24, 2.45) is 0 Å². The minimum Gasteiger partial charge on any atom is -0.337 e. The number of halogens is 1. The third kappa shape index (κ3) is 2.85. The number of carbonyl (C=O) groups is 1. The van der Waals surface area contributed by atoms with Gasteiger partial charge in [0.2, 0.25) is 0 Å². The summed E-state index contributed by atoms with van der Waals surface area (Å²) < 4.78 is 13.5. The van der Waals surface area contributed by atoms with Crippen molar-refractivity contribution >= 4 is 5.91 Å². The zero-order valence-electron chi connectivity index (χ0n) is 10.5. The molecule has 1 N–H and O–H groups in total. The molecule has 1 aliphatic heterocycles. The maximum absolute atomic E-state index is 13.5. The molecule has 0 radical (unpaired) electrons. The molecule has 0 spiro atoms. The summed E-state index contributed by atoms with van der Waals surface area (Å²) >= 11 is 0. The first-order valence-electron chi connectivity index (χ1n) is 6.34. The van der Waals surface area contributed by atoms with Gasteiger partial charge in [0.1, 0.15) is 0 Å². The molecule has 1 fully saturated rings. The third-order valence-corrected chi connectivity index (χ3v) is 3.20. The number of amides is 1. The van der Waals surface area contributed by atoms with Gasteiger partial charge >= 0.3 is 0 Å². The topological polar surface area (TPSA) is 45.2 Å². The molecule has 5 heteroatoms. The normalized spacial score (nSPS) is 19.9. The van der Waals surface area contributed by atoms with E-state index in [0.29, 0.717) is 19.1 Å². The molecule has 0 bridgehead atoms. The molecule has 1 atom stereocenters. The van der Waals surface area contributed by atoms with Gasteiger partial charge in [-0.2, -0.15) is 0 Å². The summed E-state index contributed by atoms with van der Waals surface area (Å²) in [6.45, 7) is 4.27. The average molecular weight is 251 g/mol. The minimum absolute atomic E-state index is 0.113. The lowest BCUT2D eigenvalue weighted by Crippen LogP contribution is -2.48. The number of likely N-dealkylation sites (N-methyl/N-ethyl adjacent to an activating group) is 1. The Hall–Kier alpha value is -1.49. The van der Waals surface area contributed by atoms with E-state index in [-0.39, 0.29) is 11.5 Å². The first-order chi connectivity index (χ1) is 8.72. The summed E-state index contributed by atoms with van der Waals surface area (Å²) in [7, 11) is 0. The molecule has 1 saturated heterocycles. The van der Waals surface area contributed by atoms with Gasteiger partial charge in [-0.25, -0.2) is 4.39 Å². The number of carbonyl (C=O) groups excluding carboxylic acids is 1. The number of aromatic nitrogens is 1. The zero-order valence-corrected chi connectivity index (χ0v) is 10.5. The summed E-state index contributed by atoms with van der Waals surface area (Å²) in [4.78, 5) is 17.6. The molecule has 1 unspecified atom stereocenters. The van der Waals surface area contributed by atoms with Gasteiger partial charge < -0.3 is 10.2 Å². The van der Waals surface area contributed by atoms with E-state index in [1.165, 1.54) is 12.3 Å². The lowest BCUT2D eigenvalue weighted by Gasteiger charge is -2.33. The molecule has 1 aromatic rings. The molecule has 98 valence electrons. The number of nitrogens with one attached hydrogen (secondary N) is 1. The van der Waals surface area contributed by atoms with E-state index < -0.39 is 5.82 Å². The van der Waals surface area contributed by atoms with E-state index >= 15 is 0 Å². The largest absolute Gasteiger partial charge is 0.337 e. The zero-order chi connectivity index (χ0) is 13.0. The highest BCUT2D eigenvalue weighted by Gasteiger charge is 2.25. The standard InChI is InChI=1S/C13H18FN3O/c1-2-16-10-4-3-7-17(9-10)13(18)11-5-6-15-8-12(11)14/h5-6,8,10,16H,2-4,7,9H2,1H3. The molecular weight excluding hydrogens is 233 g/mol. The van der Waals surface area contributed by atoms with Crippen LogP contribution >= 0.6 is 0 Å². The Morgan fingerprint density at radius 1 is 1.67 bits per heavy atom. The maximum Gasteiger partial charge on any atom is 0.256 e. The summed E-state index contributed by atoms with van der Waals surface area (Å²) in [5.41, 5.74) is 0.113. The molecule has 0 saturated carbocycles. The van der Waals surface area contributed by atoms with E-state index in [0.717, 1.165) is 25.6 Å². The summed E-state index contributed by atoms with van der Waals surface area (Å²) in [5, 5.41) is 3.34. The first kappa shape index (κ1) is 13.0. The smallest absolute Gasteiger partial charge is 0.256 e. The predicted octanol–water partition coefficient (Wildman–Crippen LogP) is 1.43. The van der Waals surface area contributed by atoms with E-state index in [4.69, 9.17) is 0 Å². The highest BCUT2D eigenvalue weighted by molar-refractivity contribution is 5.94. The van der Waals surface area contributed by atoms with Crippen LogP contribution < -0.4 is 5.32 Å². The fourth-order valence-corrected chi connectivity index (χ4v) is 2.34. The SMILES string of the molecule is CCNC1CCCN(C(=O)c2ccncc2F)C1. The molecule has 2 heterocycles. The molecule has 0 aliphatic carbocycles. The fourth-order valence-electron chi connectivity index (χ4n) is 2.34. The first-order valence-corrected chi connectivity index (χ1v) is 6.34. The maximum atomic E-state index is 13.5. The molecule has 4 nitrogen and oxygen atoms in total. The van der Waals surface area contributed by atoms with Gasteiger partial charge in [0.15, 0.2) is 5.82 Å². The second-order valence-electron chi connectivity index (χ2n) is 4.50. The van der Waals surface area contributed by atoms with E-state index in [1.54, 1.807) is 4.90 Å². The van der Waals surface area contributed by atoms with E-state index in [1.807, 2.05) is 6.92 Å². The van der Waals surface area contributed by atoms with Gasteiger partial charge in [0.25, 0.3) is 5.91 Å². The van der Waals surface area contributed by atoms with Gasteiger partial charge in [0.05, 0.1) is 11.8 Å². The van der Waals surface area contributed by atoms with Crippen LogP contribution in [0.2, 0.25) is 0 Å². The second-order valence-corrected chi connectivity index (χ2v) is 4.50. The van der Waals surface area contributed by atoms with Crippen LogP contribution in [0.15, 0.2) is 18.5 Å².